The molecule has 0 aliphatic rings. The molecular formula is C10H13ClN2Si. The van der Waals surface area contributed by atoms with Gasteiger partial charge in [-0.1, -0.05) is 37.2 Å². The monoisotopic (exact) mass is 224 g/mol. The molecule has 0 N–H and O–H groups in total. The van der Waals surface area contributed by atoms with Crippen LogP contribution in [0.25, 0.3) is 0 Å². The van der Waals surface area contributed by atoms with Crippen LogP contribution in [0.15, 0.2) is 6.20 Å². The van der Waals surface area contributed by atoms with E-state index in [-0.39, 0.29) is 0 Å². The van der Waals surface area contributed by atoms with Crippen LogP contribution in [0.1, 0.15) is 11.4 Å². The minimum absolute atomic E-state index is 0.447. The van der Waals surface area contributed by atoms with Crippen molar-refractivity contribution in [2.45, 2.75) is 26.6 Å². The minimum Gasteiger partial charge on any atom is -0.240 e. The zero-order chi connectivity index (χ0) is 10.8. The van der Waals surface area contributed by atoms with Gasteiger partial charge >= 0.3 is 0 Å². The van der Waals surface area contributed by atoms with Gasteiger partial charge in [0.25, 0.3) is 0 Å². The van der Waals surface area contributed by atoms with Crippen LogP contribution in [0.2, 0.25) is 24.8 Å². The molecule has 0 bridgehead atoms. The molecule has 0 aromatic carbocycles. The van der Waals surface area contributed by atoms with Crippen molar-refractivity contribution in [1.29, 1.82) is 0 Å². The molecule has 74 valence electrons. The summed E-state index contributed by atoms with van der Waals surface area (Å²) in [5, 5.41) is 0.447. The van der Waals surface area contributed by atoms with Gasteiger partial charge in [0.2, 0.25) is 0 Å². The smallest absolute Gasteiger partial charge is 0.148 e. The lowest BCUT2D eigenvalue weighted by molar-refractivity contribution is 1.05. The molecule has 0 atom stereocenters. The second-order valence-corrected chi connectivity index (χ2v) is 9.23. The van der Waals surface area contributed by atoms with Crippen molar-refractivity contribution < 1.29 is 0 Å². The standard InChI is InChI=1S/C10H13ClN2Si/c1-8-12-7-9(10(11)13-8)5-6-14(2,3)4/h7H,1-4H3. The van der Waals surface area contributed by atoms with Gasteiger partial charge in [-0.15, -0.1) is 5.54 Å². The number of halogens is 1. The Morgan fingerprint density at radius 1 is 1.36 bits per heavy atom. The Hall–Kier alpha value is -0.853. The van der Waals surface area contributed by atoms with Crippen LogP contribution in [-0.2, 0) is 0 Å². The van der Waals surface area contributed by atoms with Crippen LogP contribution in [0.5, 0.6) is 0 Å². The van der Waals surface area contributed by atoms with Gasteiger partial charge in [0, 0.05) is 6.20 Å². The van der Waals surface area contributed by atoms with E-state index in [1.165, 1.54) is 0 Å². The van der Waals surface area contributed by atoms with Crippen LogP contribution in [0.4, 0.5) is 0 Å². The SMILES string of the molecule is Cc1ncc(C#C[Si](C)(C)C)c(Cl)n1. The van der Waals surface area contributed by atoms with Gasteiger partial charge in [-0.3, -0.25) is 0 Å². The van der Waals surface area contributed by atoms with E-state index in [1.807, 2.05) is 6.92 Å². The maximum absolute atomic E-state index is 5.92. The predicted molar refractivity (Wildman–Crippen MR) is 62.0 cm³/mol. The van der Waals surface area contributed by atoms with Crippen molar-refractivity contribution in [3.63, 3.8) is 0 Å². The number of hydrogen-bond acceptors (Lipinski definition) is 2. The number of nitrogens with zero attached hydrogens (tertiary/aromatic N) is 2. The fourth-order valence-electron chi connectivity index (χ4n) is 0.781. The summed E-state index contributed by atoms with van der Waals surface area (Å²) in [5.74, 6) is 3.71. The zero-order valence-corrected chi connectivity index (χ0v) is 10.6. The number of rotatable bonds is 0. The molecule has 0 aliphatic heterocycles. The minimum atomic E-state index is -1.35. The van der Waals surface area contributed by atoms with Crippen LogP contribution < -0.4 is 0 Å². The molecule has 1 aromatic rings. The van der Waals surface area contributed by atoms with Crippen LogP contribution >= 0.6 is 11.6 Å². The van der Waals surface area contributed by atoms with Crippen molar-refractivity contribution in [3.05, 3.63) is 22.7 Å². The molecule has 2 nitrogen and oxygen atoms in total. The van der Waals surface area contributed by atoms with E-state index in [4.69, 9.17) is 11.6 Å². The fourth-order valence-corrected chi connectivity index (χ4v) is 1.51. The van der Waals surface area contributed by atoms with Crippen LogP contribution in [0, 0.1) is 18.4 Å². The topological polar surface area (TPSA) is 25.8 Å². The maximum Gasteiger partial charge on any atom is 0.148 e. The quantitative estimate of drug-likeness (QED) is 0.385. The van der Waals surface area contributed by atoms with Crippen molar-refractivity contribution in [3.8, 4) is 11.5 Å². The second kappa shape index (κ2) is 4.12. The summed E-state index contributed by atoms with van der Waals surface area (Å²) >= 11 is 5.92. The van der Waals surface area contributed by atoms with E-state index in [1.54, 1.807) is 6.20 Å². The summed E-state index contributed by atoms with van der Waals surface area (Å²) in [4.78, 5) is 8.10. The number of hydrogen-bond donors (Lipinski definition) is 0. The van der Waals surface area contributed by atoms with Gasteiger partial charge in [0.1, 0.15) is 19.1 Å². The average Bonchev–Trinajstić information content (AvgIpc) is 2.00. The molecule has 0 fully saturated rings. The highest BCUT2D eigenvalue weighted by Crippen LogP contribution is 2.10. The van der Waals surface area contributed by atoms with Gasteiger partial charge in [0.15, 0.2) is 0 Å². The Bertz CT molecular complexity index is 399. The number of aryl methyl sites for hydroxylation is 1. The summed E-state index contributed by atoms with van der Waals surface area (Å²) < 4.78 is 0. The Labute approximate surface area is 90.7 Å². The molecule has 1 rings (SSSR count). The highest BCUT2D eigenvalue weighted by Gasteiger charge is 2.08. The van der Waals surface area contributed by atoms with Gasteiger partial charge in [-0.05, 0) is 6.92 Å². The molecule has 1 aromatic heterocycles. The fraction of sp³-hybridized carbons (Fsp3) is 0.400. The highest BCUT2D eigenvalue weighted by molar-refractivity contribution is 6.83. The van der Waals surface area contributed by atoms with E-state index in [9.17, 15) is 0 Å². The molecule has 0 aliphatic carbocycles. The van der Waals surface area contributed by atoms with Crippen molar-refractivity contribution in [1.82, 2.24) is 9.97 Å². The Morgan fingerprint density at radius 3 is 2.50 bits per heavy atom. The summed E-state index contributed by atoms with van der Waals surface area (Å²) in [6.45, 7) is 8.36. The largest absolute Gasteiger partial charge is 0.240 e. The van der Waals surface area contributed by atoms with E-state index < -0.39 is 8.07 Å². The molecule has 14 heavy (non-hydrogen) atoms. The molecule has 4 heteroatoms. The maximum atomic E-state index is 5.92. The van der Waals surface area contributed by atoms with Crippen LogP contribution in [-0.4, -0.2) is 18.0 Å². The second-order valence-electron chi connectivity index (χ2n) is 4.12. The lowest BCUT2D eigenvalue weighted by Crippen LogP contribution is -2.16. The summed E-state index contributed by atoms with van der Waals surface area (Å²) in [5.41, 5.74) is 3.94. The number of aromatic nitrogens is 2. The molecular weight excluding hydrogens is 212 g/mol. The van der Waals surface area contributed by atoms with Gasteiger partial charge in [-0.25, -0.2) is 9.97 Å². The summed E-state index contributed by atoms with van der Waals surface area (Å²) in [7, 11) is -1.35. The first-order valence-corrected chi connectivity index (χ1v) is 8.28. The Kier molecular flexibility index (Phi) is 3.30. The van der Waals surface area contributed by atoms with E-state index in [2.05, 4.69) is 41.1 Å². The molecule has 0 saturated heterocycles. The van der Waals surface area contributed by atoms with Gasteiger partial charge < -0.3 is 0 Å². The molecule has 1 heterocycles. The van der Waals surface area contributed by atoms with Gasteiger partial charge in [-0.2, -0.15) is 0 Å². The Balaban J connectivity index is 3.02. The lowest BCUT2D eigenvalue weighted by atomic mass is 10.3. The van der Waals surface area contributed by atoms with Gasteiger partial charge in [0.05, 0.1) is 5.56 Å². The summed E-state index contributed by atoms with van der Waals surface area (Å²) in [6.07, 6.45) is 1.68. The molecule has 0 unspecified atom stereocenters. The highest BCUT2D eigenvalue weighted by atomic mass is 35.5. The summed E-state index contributed by atoms with van der Waals surface area (Å²) in [6, 6.07) is 0. The van der Waals surface area contributed by atoms with E-state index in [0.717, 1.165) is 5.56 Å². The predicted octanol–water partition coefficient (Wildman–Crippen LogP) is 2.67. The zero-order valence-electron chi connectivity index (χ0n) is 8.85. The van der Waals surface area contributed by atoms with Crippen LogP contribution in [0.3, 0.4) is 0 Å². The Morgan fingerprint density at radius 2 is 2.00 bits per heavy atom. The van der Waals surface area contributed by atoms with E-state index in [0.29, 0.717) is 11.0 Å². The van der Waals surface area contributed by atoms with Crippen molar-refractivity contribution >= 4 is 19.7 Å². The average molecular weight is 225 g/mol. The third kappa shape index (κ3) is 3.49. The lowest BCUT2D eigenvalue weighted by Gasteiger charge is -2.03. The molecule has 0 amide bonds. The first kappa shape index (κ1) is 11.2. The first-order chi connectivity index (χ1) is 6.38. The normalized spacial score (nSPS) is 10.6. The van der Waals surface area contributed by atoms with Crippen molar-refractivity contribution in [2.24, 2.45) is 0 Å². The molecule has 0 saturated carbocycles. The van der Waals surface area contributed by atoms with E-state index >= 15 is 0 Å². The third-order valence-electron chi connectivity index (χ3n) is 1.43. The van der Waals surface area contributed by atoms with Crippen molar-refractivity contribution in [2.75, 3.05) is 0 Å². The third-order valence-corrected chi connectivity index (χ3v) is 2.60. The first-order valence-electron chi connectivity index (χ1n) is 4.41. The molecule has 0 spiro atoms. The molecule has 0 radical (unpaired) electrons.